The molecule has 32 heavy (non-hydrogen) atoms. The molecule has 5 heterocycles. The number of piperazine rings is 1. The molecule has 168 valence electrons. The first kappa shape index (κ1) is 20.6. The van der Waals surface area contributed by atoms with E-state index < -0.39 is 0 Å². The minimum atomic E-state index is 0.777. The number of thiophene rings is 1. The van der Waals surface area contributed by atoms with E-state index in [9.17, 15) is 0 Å². The van der Waals surface area contributed by atoms with Crippen molar-refractivity contribution in [3.63, 3.8) is 0 Å². The highest BCUT2D eigenvalue weighted by molar-refractivity contribution is 7.99. The quantitative estimate of drug-likeness (QED) is 0.250. The van der Waals surface area contributed by atoms with Crippen LogP contribution in [0, 0.1) is 0 Å². The van der Waals surface area contributed by atoms with Gasteiger partial charge in [0, 0.05) is 31.9 Å². The normalized spacial score (nSPS) is 17.2. The Balaban J connectivity index is 0.994. The Morgan fingerprint density at radius 2 is 1.97 bits per heavy atom. The molecule has 0 atom stereocenters. The number of ether oxygens (including phenoxy) is 1. The summed E-state index contributed by atoms with van der Waals surface area (Å²) >= 11 is 5.28. The number of hydrogen-bond donors (Lipinski definition) is 1. The third-order valence-electron chi connectivity index (χ3n) is 6.10. The number of aryl methyl sites for hydroxylation is 1. The molecule has 2 N–H and O–H groups in total. The fourth-order valence-electron chi connectivity index (χ4n) is 4.40. The van der Waals surface area contributed by atoms with Crippen LogP contribution < -0.4 is 15.5 Å². The van der Waals surface area contributed by atoms with Gasteiger partial charge in [0.15, 0.2) is 16.0 Å². The number of aromatic nitrogens is 3. The zero-order valence-corrected chi connectivity index (χ0v) is 20.3. The first-order chi connectivity index (χ1) is 15.8. The number of imidazole rings is 1. The summed E-state index contributed by atoms with van der Waals surface area (Å²) in [5.74, 6) is 8.35. The minimum Gasteiger partial charge on any atom is -0.490 e. The van der Waals surface area contributed by atoms with Crippen molar-refractivity contribution in [1.82, 2.24) is 19.5 Å². The second-order valence-electron chi connectivity index (χ2n) is 8.22. The first-order valence-corrected chi connectivity index (χ1v) is 13.8. The highest BCUT2D eigenvalue weighted by atomic mass is 32.2. The SMILES string of the molecule is Nn1c(SCCCN2CCN(c3nc4ccccc4s3)CC2)nc2sc3c(c21)OCCC3. The van der Waals surface area contributed by atoms with Gasteiger partial charge in [-0.15, -0.1) is 11.3 Å². The summed E-state index contributed by atoms with van der Waals surface area (Å²) in [6.45, 7) is 6.15. The molecule has 0 bridgehead atoms. The molecule has 0 radical (unpaired) electrons. The molecule has 2 aliphatic rings. The maximum Gasteiger partial charge on any atom is 0.188 e. The number of nitrogen functional groups attached to an aromatic ring is 1. The average Bonchev–Trinajstić information content (AvgIpc) is 3.50. The number of anilines is 1. The molecule has 6 rings (SSSR count). The van der Waals surface area contributed by atoms with Crippen molar-refractivity contribution in [1.29, 1.82) is 0 Å². The number of nitrogens with zero attached hydrogens (tertiary/aromatic N) is 5. The molecule has 7 nitrogen and oxygen atoms in total. The molecule has 4 aromatic rings. The monoisotopic (exact) mass is 486 g/mol. The number of thioether (sulfide) groups is 1. The number of benzene rings is 1. The van der Waals surface area contributed by atoms with Gasteiger partial charge >= 0.3 is 0 Å². The van der Waals surface area contributed by atoms with Crippen LogP contribution in [0.5, 0.6) is 5.75 Å². The van der Waals surface area contributed by atoms with Crippen molar-refractivity contribution in [2.45, 2.75) is 24.4 Å². The van der Waals surface area contributed by atoms with Gasteiger partial charge in [0.1, 0.15) is 10.3 Å². The highest BCUT2D eigenvalue weighted by Crippen LogP contribution is 2.41. The molecule has 0 amide bonds. The van der Waals surface area contributed by atoms with Crippen molar-refractivity contribution < 1.29 is 4.74 Å². The number of nitrogens with two attached hydrogens (primary N) is 1. The predicted molar refractivity (Wildman–Crippen MR) is 135 cm³/mol. The number of hydrogen-bond acceptors (Lipinski definition) is 9. The lowest BCUT2D eigenvalue weighted by Crippen LogP contribution is -2.46. The Hall–Kier alpha value is -2.01. The molecule has 10 heteroatoms. The Kier molecular flexibility index (Phi) is 5.62. The molecule has 0 spiro atoms. The lowest BCUT2D eigenvalue weighted by atomic mass is 10.2. The second-order valence-corrected chi connectivity index (χ2v) is 11.4. The first-order valence-electron chi connectivity index (χ1n) is 11.1. The summed E-state index contributed by atoms with van der Waals surface area (Å²) in [6, 6.07) is 8.40. The van der Waals surface area contributed by atoms with Gasteiger partial charge in [0.2, 0.25) is 0 Å². The van der Waals surface area contributed by atoms with Gasteiger partial charge in [-0.25, -0.2) is 14.6 Å². The van der Waals surface area contributed by atoms with E-state index >= 15 is 0 Å². The Morgan fingerprint density at radius 1 is 1.09 bits per heavy atom. The van der Waals surface area contributed by atoms with Crippen LogP contribution in [0.4, 0.5) is 5.13 Å². The molecule has 1 saturated heterocycles. The molecule has 0 unspecified atom stereocenters. The summed E-state index contributed by atoms with van der Waals surface area (Å²) in [7, 11) is 0. The van der Waals surface area contributed by atoms with Crippen molar-refractivity contribution in [3.8, 4) is 5.75 Å². The van der Waals surface area contributed by atoms with Gasteiger partial charge in [-0.2, -0.15) is 0 Å². The van der Waals surface area contributed by atoms with Crippen molar-refractivity contribution >= 4 is 60.1 Å². The molecule has 3 aromatic heterocycles. The third-order valence-corrected chi connectivity index (χ3v) is 9.35. The predicted octanol–water partition coefficient (Wildman–Crippen LogP) is 4.05. The molecule has 1 aromatic carbocycles. The lowest BCUT2D eigenvalue weighted by Gasteiger charge is -2.34. The number of rotatable bonds is 6. The van der Waals surface area contributed by atoms with Crippen LogP contribution in [0.25, 0.3) is 20.6 Å². The van der Waals surface area contributed by atoms with Gasteiger partial charge in [-0.1, -0.05) is 35.2 Å². The van der Waals surface area contributed by atoms with Gasteiger partial charge in [-0.05, 0) is 37.9 Å². The van der Waals surface area contributed by atoms with E-state index in [1.165, 1.54) is 9.58 Å². The van der Waals surface area contributed by atoms with Crippen LogP contribution in [0.1, 0.15) is 17.7 Å². The lowest BCUT2D eigenvalue weighted by molar-refractivity contribution is 0.259. The van der Waals surface area contributed by atoms with Crippen LogP contribution in [-0.2, 0) is 6.42 Å². The molecular formula is C22H26N6OS3. The highest BCUT2D eigenvalue weighted by Gasteiger charge is 2.24. The minimum absolute atomic E-state index is 0.777. The number of para-hydroxylation sites is 1. The molecular weight excluding hydrogens is 460 g/mol. The van der Waals surface area contributed by atoms with Crippen LogP contribution in [-0.4, -0.2) is 64.6 Å². The number of fused-ring (bicyclic) bond motifs is 4. The Bertz CT molecular complexity index is 1210. The maximum atomic E-state index is 6.37. The Labute approximate surface area is 199 Å². The van der Waals surface area contributed by atoms with E-state index in [0.717, 1.165) is 96.2 Å². The van der Waals surface area contributed by atoms with E-state index in [2.05, 4.69) is 34.1 Å². The van der Waals surface area contributed by atoms with E-state index in [1.54, 1.807) is 39.1 Å². The standard InChI is InChI=1S/C22H26N6OS3/c23-28-18-19-17(7-3-13-29-19)31-20(18)25-22(28)30-14-4-8-26-9-11-27(12-10-26)21-24-15-5-1-2-6-16(15)32-21/h1-2,5-6H,3-4,7-14,23H2. The van der Waals surface area contributed by atoms with Crippen molar-refractivity contribution in [2.24, 2.45) is 0 Å². The Morgan fingerprint density at radius 3 is 2.84 bits per heavy atom. The van der Waals surface area contributed by atoms with Crippen LogP contribution in [0.3, 0.4) is 0 Å². The third kappa shape index (κ3) is 3.83. The second kappa shape index (κ2) is 8.74. The fraction of sp³-hybridized carbons (Fsp3) is 0.455. The molecule has 0 aliphatic carbocycles. The average molecular weight is 487 g/mol. The molecule has 0 saturated carbocycles. The van der Waals surface area contributed by atoms with E-state index in [4.69, 9.17) is 20.5 Å². The zero-order valence-electron chi connectivity index (χ0n) is 17.8. The van der Waals surface area contributed by atoms with E-state index in [1.807, 2.05) is 0 Å². The summed E-state index contributed by atoms with van der Waals surface area (Å²) in [4.78, 5) is 16.9. The topological polar surface area (TPSA) is 72.4 Å². The van der Waals surface area contributed by atoms with E-state index in [0.29, 0.717) is 0 Å². The molecule has 1 fully saturated rings. The summed E-state index contributed by atoms with van der Waals surface area (Å²) in [5.41, 5.74) is 2.08. The van der Waals surface area contributed by atoms with Crippen LogP contribution >= 0.6 is 34.4 Å². The van der Waals surface area contributed by atoms with Crippen molar-refractivity contribution in [3.05, 3.63) is 29.1 Å². The van der Waals surface area contributed by atoms with Crippen molar-refractivity contribution in [2.75, 3.05) is 55.8 Å². The largest absolute Gasteiger partial charge is 0.490 e. The fourth-order valence-corrected chi connectivity index (χ4v) is 7.46. The van der Waals surface area contributed by atoms with Gasteiger partial charge < -0.3 is 15.5 Å². The maximum absolute atomic E-state index is 6.37. The zero-order chi connectivity index (χ0) is 21.5. The summed E-state index contributed by atoms with van der Waals surface area (Å²) in [5, 5.41) is 2.05. The number of thiazole rings is 1. The van der Waals surface area contributed by atoms with Crippen LogP contribution in [0.15, 0.2) is 29.4 Å². The van der Waals surface area contributed by atoms with Gasteiger partial charge in [0.25, 0.3) is 0 Å². The van der Waals surface area contributed by atoms with E-state index in [-0.39, 0.29) is 0 Å². The summed E-state index contributed by atoms with van der Waals surface area (Å²) < 4.78 is 8.88. The van der Waals surface area contributed by atoms with Crippen LogP contribution in [0.2, 0.25) is 0 Å². The molecule has 2 aliphatic heterocycles. The van der Waals surface area contributed by atoms with Gasteiger partial charge in [0.05, 0.1) is 21.7 Å². The van der Waals surface area contributed by atoms with Gasteiger partial charge in [-0.3, -0.25) is 4.90 Å². The smallest absolute Gasteiger partial charge is 0.188 e. The summed E-state index contributed by atoms with van der Waals surface area (Å²) in [6.07, 6.45) is 3.28.